The van der Waals surface area contributed by atoms with E-state index in [1.807, 2.05) is 0 Å². The van der Waals surface area contributed by atoms with Crippen molar-refractivity contribution in [2.45, 2.75) is 76.9 Å². The molecule has 2 fully saturated rings. The number of hydrogen-bond donors (Lipinski definition) is 1. The van der Waals surface area contributed by atoms with E-state index >= 15 is 0 Å². The molecule has 2 rings (SSSR count). The van der Waals surface area contributed by atoms with Crippen molar-refractivity contribution in [1.29, 1.82) is 0 Å². The molecule has 0 radical (unpaired) electrons. The monoisotopic (exact) mass is 224 g/mol. The minimum atomic E-state index is 0.755. The van der Waals surface area contributed by atoms with Crippen LogP contribution in [0.4, 0.5) is 0 Å². The molecule has 2 aliphatic heterocycles. The fraction of sp³-hybridized carbons (Fsp3) is 1.00. The summed E-state index contributed by atoms with van der Waals surface area (Å²) in [7, 11) is 0. The van der Waals surface area contributed by atoms with Crippen molar-refractivity contribution in [3.8, 4) is 0 Å². The molecule has 2 heteroatoms. The molecule has 2 heterocycles. The topological polar surface area (TPSA) is 15.3 Å². The molecule has 0 aromatic heterocycles. The van der Waals surface area contributed by atoms with Crippen molar-refractivity contribution in [3.05, 3.63) is 0 Å². The van der Waals surface area contributed by atoms with Crippen LogP contribution < -0.4 is 5.32 Å². The van der Waals surface area contributed by atoms with Gasteiger partial charge in [-0.1, -0.05) is 19.3 Å². The summed E-state index contributed by atoms with van der Waals surface area (Å²) >= 11 is 0. The Morgan fingerprint density at radius 1 is 0.938 bits per heavy atom. The molecule has 2 aliphatic rings. The Kier molecular flexibility index (Phi) is 4.66. The average molecular weight is 224 g/mol. The molecule has 1 N–H and O–H groups in total. The van der Waals surface area contributed by atoms with Gasteiger partial charge in [0.2, 0.25) is 0 Å². The summed E-state index contributed by atoms with van der Waals surface area (Å²) in [6.45, 7) is 7.34. The van der Waals surface area contributed by atoms with Crippen molar-refractivity contribution in [3.63, 3.8) is 0 Å². The summed E-state index contributed by atoms with van der Waals surface area (Å²) in [6.07, 6.45) is 9.84. The molecule has 0 bridgehead atoms. The van der Waals surface area contributed by atoms with Crippen LogP contribution in [-0.4, -0.2) is 36.1 Å². The summed E-state index contributed by atoms with van der Waals surface area (Å²) in [5.41, 5.74) is 0. The van der Waals surface area contributed by atoms with E-state index in [4.69, 9.17) is 0 Å². The number of rotatable bonds is 2. The molecule has 0 aromatic rings. The molecule has 2 nitrogen and oxygen atoms in total. The second-order valence-corrected chi connectivity index (χ2v) is 5.83. The molecule has 16 heavy (non-hydrogen) atoms. The molecule has 0 aliphatic carbocycles. The number of nitrogens with zero attached hydrogens (tertiary/aromatic N) is 1. The van der Waals surface area contributed by atoms with E-state index in [9.17, 15) is 0 Å². The van der Waals surface area contributed by atoms with Crippen molar-refractivity contribution >= 4 is 0 Å². The van der Waals surface area contributed by atoms with Gasteiger partial charge < -0.3 is 5.32 Å². The normalized spacial score (nSPS) is 38.2. The van der Waals surface area contributed by atoms with Gasteiger partial charge in [-0.15, -0.1) is 0 Å². The van der Waals surface area contributed by atoms with Gasteiger partial charge in [0.15, 0.2) is 0 Å². The summed E-state index contributed by atoms with van der Waals surface area (Å²) in [5.74, 6) is 0. The first-order valence-electron chi connectivity index (χ1n) is 7.26. The quantitative estimate of drug-likeness (QED) is 0.776. The highest BCUT2D eigenvalue weighted by Crippen LogP contribution is 2.23. The van der Waals surface area contributed by atoms with E-state index in [-0.39, 0.29) is 0 Å². The Morgan fingerprint density at radius 3 is 2.44 bits per heavy atom. The van der Waals surface area contributed by atoms with Crippen LogP contribution in [0.1, 0.15) is 58.8 Å². The maximum absolute atomic E-state index is 3.73. The Labute approximate surface area is 101 Å². The van der Waals surface area contributed by atoms with E-state index in [1.54, 1.807) is 0 Å². The van der Waals surface area contributed by atoms with Crippen LogP contribution in [-0.2, 0) is 0 Å². The zero-order valence-electron chi connectivity index (χ0n) is 11.0. The van der Waals surface area contributed by atoms with Crippen LogP contribution >= 0.6 is 0 Å². The molecule has 0 amide bonds. The van der Waals surface area contributed by atoms with Gasteiger partial charge in [0, 0.05) is 24.7 Å². The zero-order chi connectivity index (χ0) is 11.4. The predicted molar refractivity (Wildman–Crippen MR) is 69.7 cm³/mol. The lowest BCUT2D eigenvalue weighted by atomic mass is 9.96. The molecule has 3 atom stereocenters. The van der Waals surface area contributed by atoms with E-state index in [0.717, 1.165) is 18.1 Å². The highest BCUT2D eigenvalue weighted by atomic mass is 15.2. The first-order valence-corrected chi connectivity index (χ1v) is 7.26. The van der Waals surface area contributed by atoms with Gasteiger partial charge in [0.1, 0.15) is 0 Å². The number of piperidine rings is 1. The van der Waals surface area contributed by atoms with Crippen LogP contribution in [0.15, 0.2) is 0 Å². The second kappa shape index (κ2) is 6.02. The molecule has 0 aromatic carbocycles. The predicted octanol–water partition coefficient (Wildman–Crippen LogP) is 2.78. The first kappa shape index (κ1) is 12.4. The van der Waals surface area contributed by atoms with Crippen molar-refractivity contribution in [1.82, 2.24) is 10.2 Å². The summed E-state index contributed by atoms with van der Waals surface area (Å²) in [5, 5.41) is 3.73. The molecular weight excluding hydrogens is 196 g/mol. The highest BCUT2D eigenvalue weighted by Gasteiger charge is 2.26. The summed E-state index contributed by atoms with van der Waals surface area (Å²) in [6, 6.07) is 2.35. The Morgan fingerprint density at radius 2 is 1.69 bits per heavy atom. The minimum Gasteiger partial charge on any atom is -0.313 e. The van der Waals surface area contributed by atoms with E-state index in [1.165, 1.54) is 58.0 Å². The third-order valence-corrected chi connectivity index (χ3v) is 4.47. The Balaban J connectivity index is 1.85. The maximum Gasteiger partial charge on any atom is 0.0195 e. The highest BCUT2D eigenvalue weighted by molar-refractivity contribution is 4.84. The van der Waals surface area contributed by atoms with Crippen LogP contribution in [0.2, 0.25) is 0 Å². The molecule has 0 unspecified atom stereocenters. The average Bonchev–Trinajstić information content (AvgIpc) is 2.52. The Hall–Kier alpha value is -0.0800. The van der Waals surface area contributed by atoms with Crippen LogP contribution in [0, 0.1) is 0 Å². The van der Waals surface area contributed by atoms with E-state index in [0.29, 0.717) is 0 Å². The lowest BCUT2D eigenvalue weighted by Crippen LogP contribution is -2.50. The number of nitrogens with one attached hydrogen (secondary N) is 1. The van der Waals surface area contributed by atoms with E-state index in [2.05, 4.69) is 24.1 Å². The fourth-order valence-corrected chi connectivity index (χ4v) is 3.35. The molecular formula is C14H28N2. The second-order valence-electron chi connectivity index (χ2n) is 5.83. The number of likely N-dealkylation sites (tertiary alicyclic amines) is 1. The van der Waals surface area contributed by atoms with Crippen molar-refractivity contribution in [2.24, 2.45) is 0 Å². The molecule has 0 spiro atoms. The van der Waals surface area contributed by atoms with Gasteiger partial charge in [-0.3, -0.25) is 4.90 Å². The van der Waals surface area contributed by atoms with Gasteiger partial charge in [-0.2, -0.15) is 0 Å². The number of hydrogen-bond acceptors (Lipinski definition) is 2. The SMILES string of the molecule is C[C@@H]1CCC[C@@H](C)N1C[C@H]1CCCCCN1. The largest absolute Gasteiger partial charge is 0.313 e. The summed E-state index contributed by atoms with van der Waals surface area (Å²) < 4.78 is 0. The van der Waals surface area contributed by atoms with Crippen LogP contribution in [0.25, 0.3) is 0 Å². The third kappa shape index (κ3) is 3.21. The van der Waals surface area contributed by atoms with Gasteiger partial charge in [-0.25, -0.2) is 0 Å². The Bertz CT molecular complexity index is 187. The van der Waals surface area contributed by atoms with Gasteiger partial charge >= 0.3 is 0 Å². The maximum atomic E-state index is 3.73. The first-order chi connectivity index (χ1) is 7.77. The lowest BCUT2D eigenvalue weighted by Gasteiger charge is -2.41. The molecule has 94 valence electrons. The fourth-order valence-electron chi connectivity index (χ4n) is 3.35. The third-order valence-electron chi connectivity index (χ3n) is 4.47. The molecule has 0 saturated carbocycles. The smallest absolute Gasteiger partial charge is 0.0195 e. The minimum absolute atomic E-state index is 0.755. The zero-order valence-corrected chi connectivity index (χ0v) is 11.0. The van der Waals surface area contributed by atoms with Crippen LogP contribution in [0.3, 0.4) is 0 Å². The lowest BCUT2D eigenvalue weighted by molar-refractivity contribution is 0.0902. The van der Waals surface area contributed by atoms with Gasteiger partial charge in [0.05, 0.1) is 0 Å². The standard InChI is InChI=1S/C14H28N2/c1-12-7-6-8-13(2)16(12)11-14-9-4-3-5-10-15-14/h12-15H,3-11H2,1-2H3/t12-,13-,14-/m1/s1. The van der Waals surface area contributed by atoms with Crippen molar-refractivity contribution < 1.29 is 0 Å². The van der Waals surface area contributed by atoms with E-state index < -0.39 is 0 Å². The molecule has 2 saturated heterocycles. The summed E-state index contributed by atoms with van der Waals surface area (Å²) in [4.78, 5) is 2.74. The van der Waals surface area contributed by atoms with Gasteiger partial charge in [-0.05, 0) is 46.1 Å². The van der Waals surface area contributed by atoms with Crippen molar-refractivity contribution in [2.75, 3.05) is 13.1 Å². The van der Waals surface area contributed by atoms with Gasteiger partial charge in [0.25, 0.3) is 0 Å². The van der Waals surface area contributed by atoms with Crippen LogP contribution in [0.5, 0.6) is 0 Å².